The molecular formula is C10H12Cl2N2O2. The molecule has 1 aromatic rings. The second-order valence-electron chi connectivity index (χ2n) is 3.03. The SMILES string of the molecule is CNC(=O)N(C)c1ccc(OC)c(Cl)c1Cl. The van der Waals surface area contributed by atoms with Crippen molar-refractivity contribution in [3.8, 4) is 5.75 Å². The lowest BCUT2D eigenvalue weighted by atomic mass is 10.3. The molecule has 0 heterocycles. The zero-order valence-corrected chi connectivity index (χ0v) is 10.7. The zero-order valence-electron chi connectivity index (χ0n) is 9.17. The van der Waals surface area contributed by atoms with E-state index in [2.05, 4.69) is 5.32 Å². The summed E-state index contributed by atoms with van der Waals surface area (Å²) in [7, 11) is 4.64. The summed E-state index contributed by atoms with van der Waals surface area (Å²) in [5.41, 5.74) is 0.520. The third kappa shape index (κ3) is 2.33. The number of hydrogen-bond donors (Lipinski definition) is 1. The van der Waals surface area contributed by atoms with Crippen LogP contribution in [0.15, 0.2) is 12.1 Å². The summed E-state index contributed by atoms with van der Waals surface area (Å²) in [5.74, 6) is 0.473. The number of urea groups is 1. The molecule has 0 aliphatic heterocycles. The minimum atomic E-state index is -0.275. The van der Waals surface area contributed by atoms with Crippen LogP contribution in [0.4, 0.5) is 10.5 Å². The molecule has 88 valence electrons. The van der Waals surface area contributed by atoms with Crippen molar-refractivity contribution in [3.05, 3.63) is 22.2 Å². The van der Waals surface area contributed by atoms with Gasteiger partial charge in [0.1, 0.15) is 10.8 Å². The van der Waals surface area contributed by atoms with Crippen LogP contribution in [0.3, 0.4) is 0 Å². The van der Waals surface area contributed by atoms with Gasteiger partial charge in [-0.05, 0) is 12.1 Å². The molecular weight excluding hydrogens is 251 g/mol. The van der Waals surface area contributed by atoms with Crippen molar-refractivity contribution in [2.24, 2.45) is 0 Å². The maximum absolute atomic E-state index is 11.4. The number of nitrogens with zero attached hydrogens (tertiary/aromatic N) is 1. The van der Waals surface area contributed by atoms with Crippen LogP contribution in [0.5, 0.6) is 5.75 Å². The number of anilines is 1. The predicted octanol–water partition coefficient (Wildman–Crippen LogP) is 2.78. The van der Waals surface area contributed by atoms with Gasteiger partial charge >= 0.3 is 6.03 Å². The number of rotatable bonds is 2. The number of halogens is 2. The van der Waals surface area contributed by atoms with Gasteiger partial charge < -0.3 is 10.1 Å². The number of benzene rings is 1. The fraction of sp³-hybridized carbons (Fsp3) is 0.300. The molecule has 0 aromatic heterocycles. The van der Waals surface area contributed by atoms with E-state index >= 15 is 0 Å². The normalized spacial score (nSPS) is 9.81. The van der Waals surface area contributed by atoms with E-state index in [1.165, 1.54) is 19.1 Å². The summed E-state index contributed by atoms with van der Waals surface area (Å²) >= 11 is 12.0. The monoisotopic (exact) mass is 262 g/mol. The van der Waals surface area contributed by atoms with Gasteiger partial charge in [-0.3, -0.25) is 4.90 Å². The first kappa shape index (κ1) is 12.9. The van der Waals surface area contributed by atoms with Crippen molar-refractivity contribution in [3.63, 3.8) is 0 Å². The molecule has 0 bridgehead atoms. The Balaban J connectivity index is 3.17. The highest BCUT2D eigenvalue weighted by Gasteiger charge is 2.16. The Morgan fingerprint density at radius 3 is 2.50 bits per heavy atom. The molecule has 1 aromatic carbocycles. The Morgan fingerprint density at radius 1 is 1.38 bits per heavy atom. The van der Waals surface area contributed by atoms with E-state index in [4.69, 9.17) is 27.9 Å². The summed E-state index contributed by atoms with van der Waals surface area (Å²) in [6.45, 7) is 0. The van der Waals surface area contributed by atoms with Crippen LogP contribution in [-0.4, -0.2) is 27.2 Å². The Kier molecular flexibility index (Phi) is 4.26. The van der Waals surface area contributed by atoms with Crippen LogP contribution >= 0.6 is 23.2 Å². The number of hydrogen-bond acceptors (Lipinski definition) is 2. The topological polar surface area (TPSA) is 41.6 Å². The summed E-state index contributed by atoms with van der Waals surface area (Å²) in [6.07, 6.45) is 0. The maximum Gasteiger partial charge on any atom is 0.321 e. The van der Waals surface area contributed by atoms with Crippen LogP contribution in [0.25, 0.3) is 0 Å². The second kappa shape index (κ2) is 5.27. The molecule has 4 nitrogen and oxygen atoms in total. The fourth-order valence-electron chi connectivity index (χ4n) is 1.22. The molecule has 0 fully saturated rings. The van der Waals surface area contributed by atoms with E-state index in [-0.39, 0.29) is 16.1 Å². The van der Waals surface area contributed by atoms with E-state index in [0.29, 0.717) is 11.4 Å². The molecule has 0 saturated heterocycles. The third-order valence-corrected chi connectivity index (χ3v) is 2.98. The van der Waals surface area contributed by atoms with Gasteiger partial charge in [0.15, 0.2) is 0 Å². The highest BCUT2D eigenvalue weighted by molar-refractivity contribution is 6.44. The highest BCUT2D eigenvalue weighted by Crippen LogP contribution is 2.38. The fourth-order valence-corrected chi connectivity index (χ4v) is 1.74. The first-order valence-corrected chi connectivity index (χ1v) is 5.26. The molecule has 1 N–H and O–H groups in total. The van der Waals surface area contributed by atoms with Gasteiger partial charge in [-0.25, -0.2) is 4.79 Å². The molecule has 0 unspecified atom stereocenters. The van der Waals surface area contributed by atoms with Crippen LogP contribution in [-0.2, 0) is 0 Å². The lowest BCUT2D eigenvalue weighted by Crippen LogP contribution is -2.34. The lowest BCUT2D eigenvalue weighted by Gasteiger charge is -2.19. The first-order valence-electron chi connectivity index (χ1n) is 4.50. The van der Waals surface area contributed by atoms with Crippen molar-refractivity contribution >= 4 is 34.9 Å². The lowest BCUT2D eigenvalue weighted by molar-refractivity contribution is 0.249. The largest absolute Gasteiger partial charge is 0.495 e. The van der Waals surface area contributed by atoms with Crippen LogP contribution in [0.2, 0.25) is 10.0 Å². The predicted molar refractivity (Wildman–Crippen MR) is 65.9 cm³/mol. The van der Waals surface area contributed by atoms with Gasteiger partial charge in [0.25, 0.3) is 0 Å². The van der Waals surface area contributed by atoms with Crippen molar-refractivity contribution < 1.29 is 9.53 Å². The van der Waals surface area contributed by atoms with E-state index in [1.54, 1.807) is 19.2 Å². The van der Waals surface area contributed by atoms with E-state index in [1.807, 2.05) is 0 Å². The van der Waals surface area contributed by atoms with E-state index in [0.717, 1.165) is 0 Å². The van der Waals surface area contributed by atoms with Gasteiger partial charge in [0.05, 0.1) is 17.8 Å². The van der Waals surface area contributed by atoms with Crippen LogP contribution in [0, 0.1) is 0 Å². The Morgan fingerprint density at radius 2 is 2.00 bits per heavy atom. The molecule has 0 radical (unpaired) electrons. The Bertz CT molecular complexity index is 410. The average molecular weight is 263 g/mol. The van der Waals surface area contributed by atoms with Gasteiger partial charge in [0.2, 0.25) is 0 Å². The number of amides is 2. The van der Waals surface area contributed by atoms with Crippen LogP contribution < -0.4 is 15.0 Å². The number of ether oxygens (including phenoxy) is 1. The minimum absolute atomic E-state index is 0.275. The minimum Gasteiger partial charge on any atom is -0.495 e. The smallest absolute Gasteiger partial charge is 0.321 e. The van der Waals surface area contributed by atoms with Crippen molar-refractivity contribution in [2.75, 3.05) is 26.1 Å². The quantitative estimate of drug-likeness (QED) is 0.891. The highest BCUT2D eigenvalue weighted by atomic mass is 35.5. The summed E-state index contributed by atoms with van der Waals surface area (Å²) in [5, 5.41) is 3.07. The van der Waals surface area contributed by atoms with Gasteiger partial charge in [0, 0.05) is 14.1 Å². The summed E-state index contributed by atoms with van der Waals surface area (Å²) < 4.78 is 5.01. The molecule has 0 spiro atoms. The molecule has 0 saturated carbocycles. The van der Waals surface area contributed by atoms with Crippen LogP contribution in [0.1, 0.15) is 0 Å². The molecule has 2 amide bonds. The Hall–Kier alpha value is -1.13. The molecule has 0 aliphatic carbocycles. The Labute approximate surface area is 104 Å². The zero-order chi connectivity index (χ0) is 12.3. The second-order valence-corrected chi connectivity index (χ2v) is 3.79. The molecule has 16 heavy (non-hydrogen) atoms. The number of carbonyl (C=O) groups excluding carboxylic acids is 1. The third-order valence-electron chi connectivity index (χ3n) is 2.13. The molecule has 0 aliphatic rings. The number of methoxy groups -OCH3 is 1. The maximum atomic E-state index is 11.4. The average Bonchev–Trinajstić information content (AvgIpc) is 2.30. The standard InChI is InChI=1S/C10H12Cl2N2O2/c1-13-10(15)14(2)6-4-5-7(16-3)9(12)8(6)11/h4-5H,1-3H3,(H,13,15). The van der Waals surface area contributed by atoms with Gasteiger partial charge in [-0.2, -0.15) is 0 Å². The van der Waals surface area contributed by atoms with E-state index in [9.17, 15) is 4.79 Å². The number of carbonyl (C=O) groups is 1. The van der Waals surface area contributed by atoms with Gasteiger partial charge in [-0.1, -0.05) is 23.2 Å². The summed E-state index contributed by atoms with van der Waals surface area (Å²) in [4.78, 5) is 12.8. The first-order chi connectivity index (χ1) is 7.52. The van der Waals surface area contributed by atoms with E-state index < -0.39 is 0 Å². The van der Waals surface area contributed by atoms with Gasteiger partial charge in [-0.15, -0.1) is 0 Å². The molecule has 0 atom stereocenters. The van der Waals surface area contributed by atoms with Crippen molar-refractivity contribution in [1.82, 2.24) is 5.32 Å². The van der Waals surface area contributed by atoms with Crippen molar-refractivity contribution in [1.29, 1.82) is 0 Å². The number of nitrogens with one attached hydrogen (secondary N) is 1. The summed E-state index contributed by atoms with van der Waals surface area (Å²) in [6, 6.07) is 3.05. The molecule has 1 rings (SSSR count). The van der Waals surface area contributed by atoms with Crippen molar-refractivity contribution in [2.45, 2.75) is 0 Å². The molecule has 6 heteroatoms.